The number of rotatable bonds is 4. The van der Waals surface area contributed by atoms with Crippen molar-refractivity contribution in [2.24, 2.45) is 19.8 Å². The van der Waals surface area contributed by atoms with Gasteiger partial charge in [0.25, 0.3) is 10.0 Å². The molecule has 0 aromatic carbocycles. The second-order valence-electron chi connectivity index (χ2n) is 3.79. The largest absolute Gasteiger partial charge is 0.389 e. The Morgan fingerprint density at radius 1 is 1.37 bits per heavy atom. The van der Waals surface area contributed by atoms with Gasteiger partial charge >= 0.3 is 0 Å². The third-order valence-electron chi connectivity index (χ3n) is 2.49. The summed E-state index contributed by atoms with van der Waals surface area (Å²) < 4.78 is 29.4. The van der Waals surface area contributed by atoms with Crippen LogP contribution in [0.2, 0.25) is 0 Å². The molecule has 0 aliphatic heterocycles. The third kappa shape index (κ3) is 2.44. The van der Waals surface area contributed by atoms with Crippen molar-refractivity contribution >= 4 is 33.0 Å². The van der Waals surface area contributed by atoms with E-state index >= 15 is 0 Å². The van der Waals surface area contributed by atoms with Crippen molar-refractivity contribution < 1.29 is 8.42 Å². The van der Waals surface area contributed by atoms with E-state index in [0.717, 1.165) is 0 Å². The minimum Gasteiger partial charge on any atom is -0.389 e. The lowest BCUT2D eigenvalue weighted by atomic mass is 10.3. The second kappa shape index (κ2) is 4.63. The molecule has 0 atom stereocenters. The lowest BCUT2D eigenvalue weighted by Gasteiger charge is -2.09. The Hall–Kier alpha value is -1.94. The maximum absolute atomic E-state index is 12.2. The molecule has 0 radical (unpaired) electrons. The van der Waals surface area contributed by atoms with Gasteiger partial charge in [-0.3, -0.25) is 14.1 Å². The Labute approximate surface area is 115 Å². The molecule has 0 fully saturated rings. The SMILES string of the molecule is Cn1nccc1S(=O)(=O)Nc1c(C(N)=S)cnn1C. The van der Waals surface area contributed by atoms with Crippen molar-refractivity contribution in [2.45, 2.75) is 5.03 Å². The summed E-state index contributed by atoms with van der Waals surface area (Å²) in [6.07, 6.45) is 2.80. The van der Waals surface area contributed by atoms with Gasteiger partial charge in [-0.15, -0.1) is 0 Å². The number of hydrogen-bond acceptors (Lipinski definition) is 5. The summed E-state index contributed by atoms with van der Waals surface area (Å²) in [6.45, 7) is 0. The van der Waals surface area contributed by atoms with Gasteiger partial charge in [-0.2, -0.15) is 18.6 Å². The predicted molar refractivity (Wildman–Crippen MR) is 73.1 cm³/mol. The van der Waals surface area contributed by atoms with Gasteiger partial charge in [0.2, 0.25) is 0 Å². The van der Waals surface area contributed by atoms with Gasteiger partial charge < -0.3 is 5.73 Å². The Balaban J connectivity index is 2.45. The molecule has 0 saturated carbocycles. The minimum atomic E-state index is -3.77. The smallest absolute Gasteiger partial charge is 0.280 e. The van der Waals surface area contributed by atoms with Crippen LogP contribution in [0.1, 0.15) is 5.56 Å². The Bertz CT molecular complexity index is 730. The summed E-state index contributed by atoms with van der Waals surface area (Å²) in [5.74, 6) is 0.216. The van der Waals surface area contributed by atoms with E-state index in [0.29, 0.717) is 5.56 Å². The van der Waals surface area contributed by atoms with Crippen molar-refractivity contribution in [1.82, 2.24) is 19.6 Å². The molecule has 0 aliphatic rings. The molecule has 2 heterocycles. The number of thiocarbonyl (C=S) groups is 1. The van der Waals surface area contributed by atoms with E-state index in [1.807, 2.05) is 0 Å². The van der Waals surface area contributed by atoms with E-state index in [2.05, 4.69) is 14.9 Å². The normalized spacial score (nSPS) is 11.5. The molecule has 3 N–H and O–H groups in total. The molecule has 19 heavy (non-hydrogen) atoms. The summed E-state index contributed by atoms with van der Waals surface area (Å²) in [5, 5.41) is 7.77. The summed E-state index contributed by atoms with van der Waals surface area (Å²) in [4.78, 5) is 0.0656. The molecule has 0 spiro atoms. The minimum absolute atomic E-state index is 0.0302. The van der Waals surface area contributed by atoms with Crippen molar-refractivity contribution in [2.75, 3.05) is 4.72 Å². The zero-order valence-electron chi connectivity index (χ0n) is 10.2. The van der Waals surface area contributed by atoms with E-state index in [-0.39, 0.29) is 15.8 Å². The highest BCUT2D eigenvalue weighted by atomic mass is 32.2. The van der Waals surface area contributed by atoms with Crippen molar-refractivity contribution in [3.05, 3.63) is 24.0 Å². The molecule has 0 bridgehead atoms. The molecule has 2 aromatic heterocycles. The molecule has 8 nitrogen and oxygen atoms in total. The monoisotopic (exact) mass is 300 g/mol. The zero-order chi connectivity index (χ0) is 14.2. The maximum Gasteiger partial charge on any atom is 0.280 e. The molecule has 0 aliphatic carbocycles. The first-order chi connectivity index (χ1) is 8.83. The van der Waals surface area contributed by atoms with Crippen LogP contribution in [-0.2, 0) is 24.1 Å². The number of nitrogens with one attached hydrogen (secondary N) is 1. The van der Waals surface area contributed by atoms with Crippen LogP contribution in [0, 0.1) is 0 Å². The summed E-state index contributed by atoms with van der Waals surface area (Å²) >= 11 is 4.85. The van der Waals surface area contributed by atoms with Gasteiger partial charge in [0.1, 0.15) is 10.8 Å². The molecular formula is C9H12N6O2S2. The van der Waals surface area contributed by atoms with E-state index in [9.17, 15) is 8.42 Å². The topological polar surface area (TPSA) is 108 Å². The van der Waals surface area contributed by atoms with Crippen LogP contribution in [-0.4, -0.2) is 33.0 Å². The first kappa shape index (κ1) is 13.5. The van der Waals surface area contributed by atoms with Gasteiger partial charge in [-0.05, 0) is 6.07 Å². The third-order valence-corrected chi connectivity index (χ3v) is 4.12. The molecule has 0 unspecified atom stereocenters. The van der Waals surface area contributed by atoms with E-state index in [1.165, 1.54) is 34.9 Å². The fourth-order valence-corrected chi connectivity index (χ4v) is 2.93. The Kier molecular flexibility index (Phi) is 3.28. The fourth-order valence-electron chi connectivity index (χ4n) is 1.54. The summed E-state index contributed by atoms with van der Waals surface area (Å²) in [5.41, 5.74) is 5.89. The number of aryl methyl sites for hydroxylation is 2. The highest BCUT2D eigenvalue weighted by Gasteiger charge is 2.22. The van der Waals surface area contributed by atoms with E-state index in [4.69, 9.17) is 18.0 Å². The number of sulfonamides is 1. The van der Waals surface area contributed by atoms with Crippen molar-refractivity contribution in [1.29, 1.82) is 0 Å². The van der Waals surface area contributed by atoms with Gasteiger partial charge in [0, 0.05) is 14.1 Å². The number of nitrogens with two attached hydrogens (primary N) is 1. The average molecular weight is 300 g/mol. The molecule has 0 amide bonds. The van der Waals surface area contributed by atoms with Crippen molar-refractivity contribution in [3.8, 4) is 0 Å². The molecule has 10 heteroatoms. The predicted octanol–water partition coefficient (Wildman–Crippen LogP) is -0.411. The summed E-state index contributed by atoms with van der Waals surface area (Å²) in [6, 6.07) is 1.39. The standard InChI is InChI=1S/C9H12N6O2S2/c1-14-7(3-4-11-14)19(16,17)13-9-6(8(10)18)5-12-15(9)2/h3-5,13H,1-2H3,(H2,10,18). The van der Waals surface area contributed by atoms with Crippen LogP contribution < -0.4 is 10.5 Å². The maximum atomic E-state index is 12.2. The average Bonchev–Trinajstić information content (AvgIpc) is 2.86. The van der Waals surface area contributed by atoms with Crippen LogP contribution in [0.5, 0.6) is 0 Å². The van der Waals surface area contributed by atoms with Gasteiger partial charge in [0.05, 0.1) is 18.0 Å². The molecular weight excluding hydrogens is 288 g/mol. The highest BCUT2D eigenvalue weighted by Crippen LogP contribution is 2.18. The van der Waals surface area contributed by atoms with Gasteiger partial charge in [0.15, 0.2) is 5.03 Å². The van der Waals surface area contributed by atoms with E-state index in [1.54, 1.807) is 7.05 Å². The quantitative estimate of drug-likeness (QED) is 0.743. The first-order valence-electron chi connectivity index (χ1n) is 5.15. The van der Waals surface area contributed by atoms with Crippen LogP contribution in [0.25, 0.3) is 0 Å². The van der Waals surface area contributed by atoms with Crippen LogP contribution >= 0.6 is 12.2 Å². The second-order valence-corrected chi connectivity index (χ2v) is 5.86. The zero-order valence-corrected chi connectivity index (χ0v) is 11.9. The van der Waals surface area contributed by atoms with Crippen LogP contribution in [0.4, 0.5) is 5.82 Å². The van der Waals surface area contributed by atoms with Gasteiger partial charge in [-0.25, -0.2) is 0 Å². The van der Waals surface area contributed by atoms with E-state index < -0.39 is 10.0 Å². The molecule has 102 valence electrons. The summed E-state index contributed by atoms with van der Waals surface area (Å²) in [7, 11) is -0.654. The molecule has 2 aromatic rings. The first-order valence-corrected chi connectivity index (χ1v) is 7.04. The fraction of sp³-hybridized carbons (Fsp3) is 0.222. The Morgan fingerprint density at radius 2 is 2.05 bits per heavy atom. The molecule has 0 saturated heterocycles. The molecule has 2 rings (SSSR count). The van der Waals surface area contributed by atoms with Crippen molar-refractivity contribution in [3.63, 3.8) is 0 Å². The Morgan fingerprint density at radius 3 is 2.58 bits per heavy atom. The highest BCUT2D eigenvalue weighted by molar-refractivity contribution is 7.92. The number of anilines is 1. The number of hydrogen-bond donors (Lipinski definition) is 2. The van der Waals surface area contributed by atoms with Crippen LogP contribution in [0.15, 0.2) is 23.5 Å². The van der Waals surface area contributed by atoms with Gasteiger partial charge in [-0.1, -0.05) is 12.2 Å². The number of nitrogens with zero attached hydrogens (tertiary/aromatic N) is 4. The lowest BCUT2D eigenvalue weighted by molar-refractivity contribution is 0.581. The number of aromatic nitrogens is 4. The lowest BCUT2D eigenvalue weighted by Crippen LogP contribution is -2.21. The van der Waals surface area contributed by atoms with Crippen LogP contribution in [0.3, 0.4) is 0 Å².